The van der Waals surface area contributed by atoms with Crippen LogP contribution in [0.4, 0.5) is 4.39 Å². The molecule has 4 heteroatoms. The highest BCUT2D eigenvalue weighted by atomic mass is 35.5. The lowest BCUT2D eigenvalue weighted by Gasteiger charge is -2.04. The second-order valence-corrected chi connectivity index (χ2v) is 3.22. The molecule has 0 spiro atoms. The Morgan fingerprint density at radius 2 is 2.29 bits per heavy atom. The third kappa shape index (κ3) is 1.91. The van der Waals surface area contributed by atoms with E-state index < -0.39 is 17.5 Å². The predicted octanol–water partition coefficient (Wildman–Crippen LogP) is 2.82. The maximum Gasteiger partial charge on any atom is 0.182 e. The Morgan fingerprint density at radius 1 is 1.64 bits per heavy atom. The number of nitrogens with zero attached hydrogens (tertiary/aromatic N) is 1. The average Bonchev–Trinajstić information content (AvgIpc) is 2.20. The lowest BCUT2D eigenvalue weighted by atomic mass is 10.0. The molecule has 0 bridgehead atoms. The maximum absolute atomic E-state index is 13.3. The van der Waals surface area contributed by atoms with E-state index >= 15 is 0 Å². The van der Waals surface area contributed by atoms with Gasteiger partial charge in [0.15, 0.2) is 11.6 Å². The van der Waals surface area contributed by atoms with Crippen LogP contribution in [-0.2, 0) is 0 Å². The SMILES string of the molecule is CC(C#N)C(=O)c1cccc(Cl)c1F. The number of hydrogen-bond donors (Lipinski definition) is 0. The summed E-state index contributed by atoms with van der Waals surface area (Å²) in [7, 11) is 0. The van der Waals surface area contributed by atoms with Gasteiger partial charge in [0, 0.05) is 0 Å². The molecule has 14 heavy (non-hydrogen) atoms. The fourth-order valence-corrected chi connectivity index (χ4v) is 1.16. The van der Waals surface area contributed by atoms with Crippen LogP contribution in [0, 0.1) is 23.1 Å². The maximum atomic E-state index is 13.3. The Morgan fingerprint density at radius 3 is 2.86 bits per heavy atom. The minimum atomic E-state index is -0.858. The van der Waals surface area contributed by atoms with Crippen molar-refractivity contribution in [2.75, 3.05) is 0 Å². The van der Waals surface area contributed by atoms with Crippen LogP contribution in [0.1, 0.15) is 17.3 Å². The third-order valence-electron chi connectivity index (χ3n) is 1.80. The first-order valence-electron chi connectivity index (χ1n) is 3.95. The molecule has 1 unspecified atom stereocenters. The number of carbonyl (C=O) groups is 1. The van der Waals surface area contributed by atoms with E-state index in [-0.39, 0.29) is 10.6 Å². The molecule has 1 aromatic rings. The van der Waals surface area contributed by atoms with Gasteiger partial charge in [-0.2, -0.15) is 5.26 Å². The quantitative estimate of drug-likeness (QED) is 0.706. The molecule has 0 aliphatic rings. The molecule has 0 aromatic heterocycles. The highest BCUT2D eigenvalue weighted by Gasteiger charge is 2.19. The molecule has 0 radical (unpaired) electrons. The molecular weight excluding hydrogens is 205 g/mol. The molecule has 0 heterocycles. The van der Waals surface area contributed by atoms with Crippen molar-refractivity contribution in [2.45, 2.75) is 6.92 Å². The normalized spacial score (nSPS) is 11.9. The molecule has 1 rings (SSSR count). The van der Waals surface area contributed by atoms with Crippen LogP contribution in [0.15, 0.2) is 18.2 Å². The summed E-state index contributed by atoms with van der Waals surface area (Å²) >= 11 is 5.50. The van der Waals surface area contributed by atoms with Gasteiger partial charge in [-0.15, -0.1) is 0 Å². The molecule has 0 N–H and O–H groups in total. The van der Waals surface area contributed by atoms with Gasteiger partial charge >= 0.3 is 0 Å². The van der Waals surface area contributed by atoms with E-state index in [1.54, 1.807) is 6.07 Å². The van der Waals surface area contributed by atoms with Gasteiger partial charge in [0.25, 0.3) is 0 Å². The molecular formula is C10H7ClFNO. The van der Waals surface area contributed by atoms with Crippen LogP contribution in [-0.4, -0.2) is 5.78 Å². The summed E-state index contributed by atoms with van der Waals surface area (Å²) in [5, 5.41) is 8.39. The summed E-state index contributed by atoms with van der Waals surface area (Å²) in [5.74, 6) is -2.17. The first kappa shape index (κ1) is 10.7. The number of rotatable bonds is 2. The van der Waals surface area contributed by atoms with Crippen LogP contribution in [0.5, 0.6) is 0 Å². The van der Waals surface area contributed by atoms with Crippen LogP contribution in [0.25, 0.3) is 0 Å². The number of hydrogen-bond acceptors (Lipinski definition) is 2. The molecule has 1 atom stereocenters. The van der Waals surface area contributed by atoms with Crippen molar-refractivity contribution in [1.29, 1.82) is 5.26 Å². The van der Waals surface area contributed by atoms with E-state index in [1.807, 2.05) is 0 Å². The Bertz CT molecular complexity index is 411. The lowest BCUT2D eigenvalue weighted by molar-refractivity contribution is 0.0952. The van der Waals surface area contributed by atoms with Gasteiger partial charge in [0.1, 0.15) is 5.92 Å². The fraction of sp³-hybridized carbons (Fsp3) is 0.200. The molecule has 0 fully saturated rings. The monoisotopic (exact) mass is 211 g/mol. The zero-order chi connectivity index (χ0) is 10.7. The second-order valence-electron chi connectivity index (χ2n) is 2.82. The van der Waals surface area contributed by atoms with E-state index in [4.69, 9.17) is 16.9 Å². The molecule has 0 saturated carbocycles. The van der Waals surface area contributed by atoms with Crippen molar-refractivity contribution in [1.82, 2.24) is 0 Å². The van der Waals surface area contributed by atoms with Crippen molar-refractivity contribution < 1.29 is 9.18 Å². The Labute approximate surface area is 85.9 Å². The second kappa shape index (κ2) is 4.21. The summed E-state index contributed by atoms with van der Waals surface area (Å²) in [4.78, 5) is 11.4. The number of Topliss-reactive ketones (excluding diaryl/α,β-unsaturated/α-hetero) is 1. The Balaban J connectivity index is 3.15. The zero-order valence-electron chi connectivity index (χ0n) is 7.42. The first-order valence-corrected chi connectivity index (χ1v) is 4.33. The van der Waals surface area contributed by atoms with Crippen molar-refractivity contribution >= 4 is 17.4 Å². The average molecular weight is 212 g/mol. The van der Waals surface area contributed by atoms with Crippen molar-refractivity contribution in [2.24, 2.45) is 5.92 Å². The molecule has 0 aliphatic heterocycles. The summed E-state index contributed by atoms with van der Waals surface area (Å²) in [6, 6.07) is 5.89. The van der Waals surface area contributed by atoms with Gasteiger partial charge in [-0.05, 0) is 19.1 Å². The van der Waals surface area contributed by atoms with Gasteiger partial charge in [0.05, 0.1) is 16.7 Å². The van der Waals surface area contributed by atoms with Gasteiger partial charge < -0.3 is 0 Å². The fourth-order valence-electron chi connectivity index (χ4n) is 0.986. The van der Waals surface area contributed by atoms with Crippen LogP contribution < -0.4 is 0 Å². The Hall–Kier alpha value is -1.40. The van der Waals surface area contributed by atoms with Gasteiger partial charge in [-0.25, -0.2) is 4.39 Å². The van der Waals surface area contributed by atoms with Gasteiger partial charge in [0.2, 0.25) is 0 Å². The van der Waals surface area contributed by atoms with Gasteiger partial charge in [-0.3, -0.25) is 4.79 Å². The Kier molecular flexibility index (Phi) is 3.21. The highest BCUT2D eigenvalue weighted by molar-refractivity contribution is 6.31. The molecule has 1 aromatic carbocycles. The van der Waals surface area contributed by atoms with E-state index in [2.05, 4.69) is 0 Å². The van der Waals surface area contributed by atoms with Crippen molar-refractivity contribution in [3.63, 3.8) is 0 Å². The van der Waals surface area contributed by atoms with Crippen molar-refractivity contribution in [3.8, 4) is 6.07 Å². The van der Waals surface area contributed by atoms with Crippen LogP contribution >= 0.6 is 11.6 Å². The summed E-state index contributed by atoms with van der Waals surface area (Å²) < 4.78 is 13.3. The number of nitriles is 1. The zero-order valence-corrected chi connectivity index (χ0v) is 8.18. The number of halogens is 2. The topological polar surface area (TPSA) is 40.9 Å². The van der Waals surface area contributed by atoms with E-state index in [0.29, 0.717) is 0 Å². The van der Waals surface area contributed by atoms with Gasteiger partial charge in [-0.1, -0.05) is 17.7 Å². The number of benzene rings is 1. The first-order chi connectivity index (χ1) is 6.57. The molecule has 72 valence electrons. The summed E-state index contributed by atoms with van der Waals surface area (Å²) in [6.07, 6.45) is 0. The van der Waals surface area contributed by atoms with Crippen LogP contribution in [0.2, 0.25) is 5.02 Å². The predicted molar refractivity (Wildman–Crippen MR) is 50.5 cm³/mol. The highest BCUT2D eigenvalue weighted by Crippen LogP contribution is 2.20. The standard InChI is InChI=1S/C10H7ClFNO/c1-6(5-13)10(14)7-3-2-4-8(11)9(7)12/h2-4,6H,1H3. The lowest BCUT2D eigenvalue weighted by Crippen LogP contribution is -2.11. The van der Waals surface area contributed by atoms with E-state index in [1.165, 1.54) is 25.1 Å². The number of carbonyl (C=O) groups excluding carboxylic acids is 1. The minimum Gasteiger partial charge on any atom is -0.293 e. The largest absolute Gasteiger partial charge is 0.293 e. The summed E-state index contributed by atoms with van der Waals surface area (Å²) in [6.45, 7) is 1.42. The molecule has 0 saturated heterocycles. The molecule has 2 nitrogen and oxygen atoms in total. The van der Waals surface area contributed by atoms with Crippen molar-refractivity contribution in [3.05, 3.63) is 34.6 Å². The smallest absolute Gasteiger partial charge is 0.182 e. The van der Waals surface area contributed by atoms with Crippen LogP contribution in [0.3, 0.4) is 0 Å². The third-order valence-corrected chi connectivity index (χ3v) is 2.10. The summed E-state index contributed by atoms with van der Waals surface area (Å²) in [5.41, 5.74) is -0.133. The molecule has 0 amide bonds. The minimum absolute atomic E-state index is 0.110. The van der Waals surface area contributed by atoms with E-state index in [9.17, 15) is 9.18 Å². The van der Waals surface area contributed by atoms with E-state index in [0.717, 1.165) is 0 Å². The molecule has 0 aliphatic carbocycles. The number of ketones is 1.